The highest BCUT2D eigenvalue weighted by atomic mass is 32.1. The molecule has 1 aromatic heterocycles. The van der Waals surface area contributed by atoms with Crippen molar-refractivity contribution in [1.82, 2.24) is 4.98 Å². The number of ether oxygens (including phenoxy) is 1. The van der Waals surface area contributed by atoms with Crippen molar-refractivity contribution in [2.24, 2.45) is 0 Å². The van der Waals surface area contributed by atoms with Crippen molar-refractivity contribution in [2.75, 3.05) is 0 Å². The van der Waals surface area contributed by atoms with Gasteiger partial charge >= 0.3 is 0 Å². The normalized spacial score (nSPS) is 10.3. The molecular weight excluding hydrogens is 206 g/mol. The number of para-hydroxylation sites is 1. The zero-order chi connectivity index (χ0) is 10.7. The number of thiazole rings is 1. The Kier molecular flexibility index (Phi) is 3.02. The van der Waals surface area contributed by atoms with Gasteiger partial charge in [0.1, 0.15) is 12.4 Å². The molecule has 2 rings (SSSR count). The first kappa shape index (κ1) is 10.2. The molecule has 0 radical (unpaired) electrons. The lowest BCUT2D eigenvalue weighted by molar-refractivity contribution is 0.300. The summed E-state index contributed by atoms with van der Waals surface area (Å²) in [6.07, 6.45) is 0. The smallest absolute Gasteiger partial charge is 0.131 e. The molecule has 0 N–H and O–H groups in total. The summed E-state index contributed by atoms with van der Waals surface area (Å²) in [6, 6.07) is 8.01. The fourth-order valence-electron chi connectivity index (χ4n) is 1.34. The molecule has 1 heterocycles. The van der Waals surface area contributed by atoms with Crippen molar-refractivity contribution in [3.63, 3.8) is 0 Å². The third kappa shape index (κ3) is 2.57. The molecule has 0 aliphatic carbocycles. The highest BCUT2D eigenvalue weighted by Crippen LogP contribution is 2.18. The van der Waals surface area contributed by atoms with E-state index in [0.29, 0.717) is 6.61 Å². The summed E-state index contributed by atoms with van der Waals surface area (Å²) in [5.41, 5.74) is 2.16. The third-order valence-corrected chi connectivity index (χ3v) is 2.96. The molecule has 0 fully saturated rings. The molecule has 0 aliphatic heterocycles. The summed E-state index contributed by atoms with van der Waals surface area (Å²) in [5, 5.41) is 3.12. The van der Waals surface area contributed by atoms with Crippen LogP contribution in [0.5, 0.6) is 5.75 Å². The summed E-state index contributed by atoms with van der Waals surface area (Å²) in [5.74, 6) is 0.933. The van der Waals surface area contributed by atoms with Crippen molar-refractivity contribution < 1.29 is 4.74 Å². The molecule has 3 heteroatoms. The maximum atomic E-state index is 5.68. The van der Waals surface area contributed by atoms with E-state index in [9.17, 15) is 0 Å². The van der Waals surface area contributed by atoms with Crippen LogP contribution in [0.3, 0.4) is 0 Å². The van der Waals surface area contributed by atoms with Gasteiger partial charge in [-0.1, -0.05) is 18.2 Å². The van der Waals surface area contributed by atoms with Gasteiger partial charge in [-0.15, -0.1) is 11.3 Å². The van der Waals surface area contributed by atoms with Gasteiger partial charge in [0, 0.05) is 5.38 Å². The van der Waals surface area contributed by atoms with Crippen molar-refractivity contribution >= 4 is 11.3 Å². The summed E-state index contributed by atoms with van der Waals surface area (Å²) in [6.45, 7) is 4.60. The number of hydrogen-bond acceptors (Lipinski definition) is 3. The predicted molar refractivity (Wildman–Crippen MR) is 62.4 cm³/mol. The predicted octanol–water partition coefficient (Wildman–Crippen LogP) is 3.34. The molecule has 0 amide bonds. The van der Waals surface area contributed by atoms with Crippen LogP contribution in [0.4, 0.5) is 0 Å². The zero-order valence-corrected chi connectivity index (χ0v) is 9.67. The molecule has 0 unspecified atom stereocenters. The van der Waals surface area contributed by atoms with Gasteiger partial charge in [0.15, 0.2) is 0 Å². The minimum Gasteiger partial charge on any atom is -0.487 e. The highest BCUT2D eigenvalue weighted by molar-refractivity contribution is 7.09. The van der Waals surface area contributed by atoms with Crippen LogP contribution in [-0.4, -0.2) is 4.98 Å². The Bertz CT molecular complexity index is 450. The average molecular weight is 219 g/mol. The maximum Gasteiger partial charge on any atom is 0.131 e. The van der Waals surface area contributed by atoms with Crippen LogP contribution >= 0.6 is 11.3 Å². The summed E-state index contributed by atoms with van der Waals surface area (Å²) in [4.78, 5) is 4.35. The topological polar surface area (TPSA) is 22.1 Å². The Morgan fingerprint density at radius 1 is 1.27 bits per heavy atom. The number of benzene rings is 1. The second-order valence-electron chi connectivity index (χ2n) is 3.41. The number of rotatable bonds is 3. The Hall–Kier alpha value is -1.35. The molecular formula is C12H13NOS. The second kappa shape index (κ2) is 4.45. The van der Waals surface area contributed by atoms with Gasteiger partial charge in [-0.25, -0.2) is 4.98 Å². The summed E-state index contributed by atoms with van der Waals surface area (Å²) >= 11 is 1.65. The van der Waals surface area contributed by atoms with E-state index in [-0.39, 0.29) is 0 Å². The first-order valence-corrected chi connectivity index (χ1v) is 5.73. The fraction of sp³-hybridized carbons (Fsp3) is 0.250. The van der Waals surface area contributed by atoms with Crippen LogP contribution in [0, 0.1) is 13.8 Å². The van der Waals surface area contributed by atoms with Crippen LogP contribution in [0.2, 0.25) is 0 Å². The van der Waals surface area contributed by atoms with Crippen LogP contribution in [-0.2, 0) is 6.61 Å². The Labute approximate surface area is 93.6 Å². The Balaban J connectivity index is 2.02. The Morgan fingerprint density at radius 2 is 2.07 bits per heavy atom. The molecule has 15 heavy (non-hydrogen) atoms. The van der Waals surface area contributed by atoms with E-state index in [2.05, 4.69) is 4.98 Å². The largest absolute Gasteiger partial charge is 0.487 e. The molecule has 0 spiro atoms. The van der Waals surface area contributed by atoms with E-state index in [1.165, 1.54) is 0 Å². The van der Waals surface area contributed by atoms with E-state index in [1.54, 1.807) is 11.3 Å². The summed E-state index contributed by atoms with van der Waals surface area (Å²) in [7, 11) is 0. The van der Waals surface area contributed by atoms with Crippen molar-refractivity contribution in [3.05, 3.63) is 45.9 Å². The van der Waals surface area contributed by atoms with Crippen molar-refractivity contribution in [1.29, 1.82) is 0 Å². The first-order valence-electron chi connectivity index (χ1n) is 4.85. The minimum atomic E-state index is 0.551. The first-order chi connectivity index (χ1) is 7.25. The molecule has 2 nitrogen and oxygen atoms in total. The summed E-state index contributed by atoms with van der Waals surface area (Å²) < 4.78 is 5.68. The molecule has 0 saturated heterocycles. The van der Waals surface area contributed by atoms with E-state index in [1.807, 2.05) is 43.5 Å². The van der Waals surface area contributed by atoms with E-state index in [4.69, 9.17) is 4.74 Å². The number of aryl methyl sites for hydroxylation is 2. The van der Waals surface area contributed by atoms with Crippen LogP contribution in [0.25, 0.3) is 0 Å². The zero-order valence-electron chi connectivity index (χ0n) is 8.86. The molecule has 0 aliphatic rings. The quantitative estimate of drug-likeness (QED) is 0.790. The van der Waals surface area contributed by atoms with Gasteiger partial charge in [0.2, 0.25) is 0 Å². The van der Waals surface area contributed by atoms with Crippen LogP contribution in [0.15, 0.2) is 29.6 Å². The van der Waals surface area contributed by atoms with Gasteiger partial charge in [-0.2, -0.15) is 0 Å². The van der Waals surface area contributed by atoms with Crippen LogP contribution in [0.1, 0.15) is 16.3 Å². The standard InChI is InChI=1S/C12H13NOS/c1-9-5-3-4-6-12(9)14-7-11-8-15-10(2)13-11/h3-6,8H,7H2,1-2H3. The maximum absolute atomic E-state index is 5.68. The molecule has 1 aromatic carbocycles. The van der Waals surface area contributed by atoms with Gasteiger partial charge in [0.25, 0.3) is 0 Å². The van der Waals surface area contributed by atoms with Gasteiger partial charge in [0.05, 0.1) is 10.7 Å². The molecule has 2 aromatic rings. The van der Waals surface area contributed by atoms with Gasteiger partial charge < -0.3 is 4.74 Å². The number of nitrogens with zero attached hydrogens (tertiary/aromatic N) is 1. The number of hydrogen-bond donors (Lipinski definition) is 0. The molecule has 78 valence electrons. The fourth-order valence-corrected chi connectivity index (χ4v) is 1.94. The van der Waals surface area contributed by atoms with Crippen molar-refractivity contribution in [2.45, 2.75) is 20.5 Å². The highest BCUT2D eigenvalue weighted by Gasteiger charge is 2.01. The Morgan fingerprint density at radius 3 is 2.73 bits per heavy atom. The van der Waals surface area contributed by atoms with Gasteiger partial charge in [-0.3, -0.25) is 0 Å². The minimum absolute atomic E-state index is 0.551. The lowest BCUT2D eigenvalue weighted by atomic mass is 10.2. The third-order valence-electron chi connectivity index (χ3n) is 2.14. The second-order valence-corrected chi connectivity index (χ2v) is 4.47. The van der Waals surface area contributed by atoms with E-state index >= 15 is 0 Å². The molecule has 0 saturated carbocycles. The number of aromatic nitrogens is 1. The lowest BCUT2D eigenvalue weighted by Gasteiger charge is -2.06. The van der Waals surface area contributed by atoms with Crippen molar-refractivity contribution in [3.8, 4) is 5.75 Å². The molecule has 0 atom stereocenters. The lowest BCUT2D eigenvalue weighted by Crippen LogP contribution is -1.97. The van der Waals surface area contributed by atoms with E-state index < -0.39 is 0 Å². The van der Waals surface area contributed by atoms with Gasteiger partial charge in [-0.05, 0) is 25.5 Å². The van der Waals surface area contributed by atoms with E-state index in [0.717, 1.165) is 22.0 Å². The average Bonchev–Trinajstić information content (AvgIpc) is 2.63. The monoisotopic (exact) mass is 219 g/mol. The molecule has 0 bridgehead atoms. The SMILES string of the molecule is Cc1nc(COc2ccccc2C)cs1. The van der Waals surface area contributed by atoms with Crippen LogP contribution < -0.4 is 4.74 Å².